The maximum Gasteiger partial charge on any atom is 0.207 e. The predicted octanol–water partition coefficient (Wildman–Crippen LogP) is 6.94. The summed E-state index contributed by atoms with van der Waals surface area (Å²) < 4.78 is 0. The lowest BCUT2D eigenvalue weighted by Gasteiger charge is -2.23. The van der Waals surface area contributed by atoms with Gasteiger partial charge in [0, 0.05) is 23.2 Å². The molecule has 0 saturated heterocycles. The van der Waals surface area contributed by atoms with Gasteiger partial charge in [-0.15, -0.1) is 0 Å². The highest BCUT2D eigenvalue weighted by molar-refractivity contribution is 7.99. The number of hydrogen-bond acceptors (Lipinski definition) is 3. The average Bonchev–Trinajstić information content (AvgIpc) is 2.68. The Kier molecular flexibility index (Phi) is 17.5. The van der Waals surface area contributed by atoms with Gasteiger partial charge in [0.2, 0.25) is 6.41 Å². The van der Waals surface area contributed by atoms with Crippen LogP contribution in [0.25, 0.3) is 0 Å². The lowest BCUT2D eigenvalue weighted by molar-refractivity contribution is -0.110. The molecule has 1 amide bonds. The number of unbranched alkanes of at least 4 members (excludes halogenated alkanes) is 1. The van der Waals surface area contributed by atoms with Crippen molar-refractivity contribution >= 4 is 18.2 Å². The molecule has 0 aliphatic rings. The van der Waals surface area contributed by atoms with Crippen molar-refractivity contribution in [1.29, 1.82) is 0 Å². The van der Waals surface area contributed by atoms with Crippen LogP contribution >= 0.6 is 11.8 Å². The fraction of sp³-hybridized carbons (Fsp3) is 0.654. The van der Waals surface area contributed by atoms with Crippen LogP contribution in [0.3, 0.4) is 0 Å². The largest absolute Gasteiger partial charge is 0.384 e. The number of carbonyl (C=O) groups excluding carboxylic acids is 1. The third-order valence-corrected chi connectivity index (χ3v) is 6.15. The normalized spacial score (nSPS) is 14.1. The van der Waals surface area contributed by atoms with Crippen LogP contribution in [0.5, 0.6) is 0 Å². The molecular formula is C26H46N2OS. The lowest BCUT2D eigenvalue weighted by Crippen LogP contribution is -2.39. The Bertz CT molecular complexity index is 574. The molecule has 0 heterocycles. The minimum absolute atomic E-state index is 0.0237. The van der Waals surface area contributed by atoms with Crippen LogP contribution in [0.15, 0.2) is 47.2 Å². The zero-order valence-corrected chi connectivity index (χ0v) is 21.2. The molecule has 2 N–H and O–H groups in total. The van der Waals surface area contributed by atoms with Gasteiger partial charge >= 0.3 is 0 Å². The first-order chi connectivity index (χ1) is 14.3. The van der Waals surface area contributed by atoms with Gasteiger partial charge in [-0.3, -0.25) is 4.79 Å². The number of hydrogen-bond donors (Lipinski definition) is 2. The van der Waals surface area contributed by atoms with E-state index in [0.29, 0.717) is 6.04 Å². The number of carbonyl (C=O) groups is 1. The Hall–Kier alpha value is -1.42. The Morgan fingerprint density at radius 2 is 1.67 bits per heavy atom. The van der Waals surface area contributed by atoms with Gasteiger partial charge in [0.05, 0.1) is 6.04 Å². The molecule has 4 heteroatoms. The van der Waals surface area contributed by atoms with E-state index in [1.165, 1.54) is 23.1 Å². The Morgan fingerprint density at radius 3 is 2.27 bits per heavy atom. The molecule has 0 saturated carbocycles. The van der Waals surface area contributed by atoms with Crippen molar-refractivity contribution in [3.05, 3.63) is 47.2 Å². The molecule has 2 atom stereocenters. The first kappa shape index (κ1) is 28.6. The van der Waals surface area contributed by atoms with E-state index < -0.39 is 0 Å². The van der Waals surface area contributed by atoms with Crippen LogP contribution < -0.4 is 10.6 Å². The predicted molar refractivity (Wildman–Crippen MR) is 137 cm³/mol. The maximum absolute atomic E-state index is 10.8. The van der Waals surface area contributed by atoms with E-state index in [-0.39, 0.29) is 6.04 Å². The Balaban J connectivity index is 4.11. The second-order valence-corrected chi connectivity index (χ2v) is 9.62. The van der Waals surface area contributed by atoms with Gasteiger partial charge in [0.1, 0.15) is 0 Å². The number of thioether (sulfide) groups is 1. The van der Waals surface area contributed by atoms with Crippen molar-refractivity contribution in [3.8, 4) is 0 Å². The van der Waals surface area contributed by atoms with E-state index in [1.54, 1.807) is 0 Å². The van der Waals surface area contributed by atoms with Crippen molar-refractivity contribution in [2.75, 3.05) is 11.5 Å². The summed E-state index contributed by atoms with van der Waals surface area (Å²) in [6.45, 7) is 17.3. The summed E-state index contributed by atoms with van der Waals surface area (Å²) in [4.78, 5) is 10.8. The number of nitrogens with one attached hydrogen (secondary N) is 2. The second-order valence-electron chi connectivity index (χ2n) is 8.55. The third-order valence-electron chi connectivity index (χ3n) is 5.01. The molecule has 0 aliphatic carbocycles. The van der Waals surface area contributed by atoms with Crippen LogP contribution in [0.1, 0.15) is 86.5 Å². The van der Waals surface area contributed by atoms with Crippen LogP contribution in [-0.4, -0.2) is 30.0 Å². The number of amides is 1. The molecule has 2 unspecified atom stereocenters. The molecular weight excluding hydrogens is 388 g/mol. The van der Waals surface area contributed by atoms with E-state index in [2.05, 4.69) is 77.0 Å². The summed E-state index contributed by atoms with van der Waals surface area (Å²) >= 11 is 1.94. The highest BCUT2D eigenvalue weighted by Gasteiger charge is 2.13. The van der Waals surface area contributed by atoms with Crippen LogP contribution in [0.4, 0.5) is 0 Å². The minimum Gasteiger partial charge on any atom is -0.384 e. The molecule has 30 heavy (non-hydrogen) atoms. The van der Waals surface area contributed by atoms with E-state index in [9.17, 15) is 4.79 Å². The van der Waals surface area contributed by atoms with Crippen molar-refractivity contribution in [3.63, 3.8) is 0 Å². The summed E-state index contributed by atoms with van der Waals surface area (Å²) in [7, 11) is 0. The molecule has 0 radical (unpaired) electrons. The van der Waals surface area contributed by atoms with Crippen molar-refractivity contribution in [2.45, 2.75) is 98.6 Å². The molecule has 0 fully saturated rings. The molecule has 0 aromatic heterocycles. The summed E-state index contributed by atoms with van der Waals surface area (Å²) in [6.07, 6.45) is 15.6. The smallest absolute Gasteiger partial charge is 0.207 e. The zero-order valence-electron chi connectivity index (χ0n) is 20.4. The fourth-order valence-electron chi connectivity index (χ4n) is 3.09. The molecule has 0 aromatic rings. The Labute approximate surface area is 190 Å². The summed E-state index contributed by atoms with van der Waals surface area (Å²) in [5.41, 5.74) is 5.29. The summed E-state index contributed by atoms with van der Waals surface area (Å²) in [5.74, 6) is 2.06. The van der Waals surface area contributed by atoms with Crippen LogP contribution in [0.2, 0.25) is 0 Å². The molecule has 172 valence electrons. The minimum atomic E-state index is 0.0237. The zero-order chi connectivity index (χ0) is 22.8. The van der Waals surface area contributed by atoms with Gasteiger partial charge < -0.3 is 10.6 Å². The molecule has 0 rings (SSSR count). The average molecular weight is 435 g/mol. The summed E-state index contributed by atoms with van der Waals surface area (Å²) in [5, 5.41) is 6.34. The SMILES string of the molecule is C=C(NC(C)CSC/C=C(\C)CC/C=C(\C)CCC=C(C)C)C(CCCC)NC=O. The number of allylic oxidation sites excluding steroid dienone is 5. The van der Waals surface area contributed by atoms with Gasteiger partial charge in [-0.2, -0.15) is 11.8 Å². The second kappa shape index (κ2) is 18.4. The van der Waals surface area contributed by atoms with Crippen molar-refractivity contribution in [1.82, 2.24) is 10.6 Å². The molecule has 0 aromatic carbocycles. The topological polar surface area (TPSA) is 41.1 Å². The summed E-state index contributed by atoms with van der Waals surface area (Å²) in [6, 6.07) is 0.357. The van der Waals surface area contributed by atoms with E-state index in [1.807, 2.05) is 11.8 Å². The first-order valence-corrected chi connectivity index (χ1v) is 12.6. The van der Waals surface area contributed by atoms with E-state index >= 15 is 0 Å². The molecule has 0 bridgehead atoms. The van der Waals surface area contributed by atoms with Crippen molar-refractivity contribution in [2.24, 2.45) is 0 Å². The molecule has 3 nitrogen and oxygen atoms in total. The van der Waals surface area contributed by atoms with Crippen LogP contribution in [0, 0.1) is 0 Å². The van der Waals surface area contributed by atoms with Gasteiger partial charge in [0.15, 0.2) is 0 Å². The van der Waals surface area contributed by atoms with Gasteiger partial charge in [-0.1, -0.05) is 61.3 Å². The van der Waals surface area contributed by atoms with Gasteiger partial charge in [0.25, 0.3) is 0 Å². The molecule has 0 spiro atoms. The first-order valence-electron chi connectivity index (χ1n) is 11.5. The van der Waals surface area contributed by atoms with Gasteiger partial charge in [-0.05, 0) is 66.7 Å². The lowest BCUT2D eigenvalue weighted by atomic mass is 10.1. The van der Waals surface area contributed by atoms with Gasteiger partial charge in [-0.25, -0.2) is 0 Å². The highest BCUT2D eigenvalue weighted by atomic mass is 32.2. The van der Waals surface area contributed by atoms with E-state index in [4.69, 9.17) is 0 Å². The monoisotopic (exact) mass is 434 g/mol. The molecule has 0 aliphatic heterocycles. The fourth-order valence-corrected chi connectivity index (χ4v) is 4.07. The van der Waals surface area contributed by atoms with Crippen LogP contribution in [-0.2, 0) is 4.79 Å². The standard InChI is InChI=1S/C26H46N2OS/c1-8-9-16-26(27-20-29)25(7)28-24(6)19-30-18-17-23(5)15-11-14-22(4)13-10-12-21(2)3/h12,14,17,20,24,26,28H,7-11,13,15-16,18-19H2,1-6H3,(H,27,29)/b22-14+,23-17+. The van der Waals surface area contributed by atoms with Crippen molar-refractivity contribution < 1.29 is 4.79 Å². The highest BCUT2D eigenvalue weighted by Crippen LogP contribution is 2.13. The number of rotatable bonds is 18. The maximum atomic E-state index is 10.8. The Morgan fingerprint density at radius 1 is 1.03 bits per heavy atom. The van der Waals surface area contributed by atoms with E-state index in [0.717, 1.165) is 62.1 Å². The third kappa shape index (κ3) is 16.4. The quantitative estimate of drug-likeness (QED) is 0.139.